The van der Waals surface area contributed by atoms with Gasteiger partial charge < -0.3 is 10.6 Å². The van der Waals surface area contributed by atoms with Gasteiger partial charge in [0, 0.05) is 11.9 Å². The number of amides is 2. The van der Waals surface area contributed by atoms with Crippen molar-refractivity contribution in [2.75, 3.05) is 5.32 Å². The lowest BCUT2D eigenvalue weighted by atomic mass is 10.2. The summed E-state index contributed by atoms with van der Waals surface area (Å²) in [6.07, 6.45) is 6.26. The van der Waals surface area contributed by atoms with E-state index in [1.165, 1.54) is 12.8 Å². The van der Waals surface area contributed by atoms with Crippen molar-refractivity contribution < 1.29 is 4.79 Å². The fourth-order valence-corrected chi connectivity index (χ4v) is 1.44. The Morgan fingerprint density at radius 1 is 1.44 bits per heavy atom. The maximum absolute atomic E-state index is 11.5. The highest BCUT2D eigenvalue weighted by molar-refractivity contribution is 5.89. The number of rotatable bonds is 3. The molecule has 0 radical (unpaired) electrons. The number of nitrogens with one attached hydrogen (secondary N) is 2. The van der Waals surface area contributed by atoms with Crippen LogP contribution in [0.5, 0.6) is 0 Å². The molecule has 2 amide bonds. The van der Waals surface area contributed by atoms with Crippen molar-refractivity contribution in [2.45, 2.75) is 19.8 Å². The minimum absolute atomic E-state index is 0.192. The molecule has 16 heavy (non-hydrogen) atoms. The summed E-state index contributed by atoms with van der Waals surface area (Å²) in [5.74, 6) is 0.680. The summed E-state index contributed by atoms with van der Waals surface area (Å²) < 4.78 is 0. The van der Waals surface area contributed by atoms with E-state index in [0.717, 1.165) is 11.3 Å². The van der Waals surface area contributed by atoms with Crippen molar-refractivity contribution in [3.05, 3.63) is 42.1 Å². The zero-order chi connectivity index (χ0) is 11.4. The zero-order valence-corrected chi connectivity index (χ0v) is 9.36. The Balaban J connectivity index is 1.81. The van der Waals surface area contributed by atoms with Gasteiger partial charge in [-0.2, -0.15) is 0 Å². The topological polar surface area (TPSA) is 41.1 Å². The molecule has 1 aliphatic carbocycles. The van der Waals surface area contributed by atoms with Crippen molar-refractivity contribution in [3.63, 3.8) is 0 Å². The highest BCUT2D eigenvalue weighted by atomic mass is 16.2. The normalized spacial score (nSPS) is 15.1. The number of allylic oxidation sites excluding steroid dienone is 1. The lowest BCUT2D eigenvalue weighted by molar-refractivity contribution is 0.255. The number of hydrogen-bond acceptors (Lipinski definition) is 1. The van der Waals surface area contributed by atoms with Crippen molar-refractivity contribution in [1.82, 2.24) is 5.32 Å². The number of hydrogen-bond donors (Lipinski definition) is 2. The van der Waals surface area contributed by atoms with Gasteiger partial charge in [-0.15, -0.1) is 0 Å². The van der Waals surface area contributed by atoms with Gasteiger partial charge in [0.25, 0.3) is 0 Å². The molecule has 1 aliphatic rings. The first kappa shape index (κ1) is 10.7. The number of anilines is 1. The second-order valence-corrected chi connectivity index (χ2v) is 4.16. The largest absolute Gasteiger partial charge is 0.323 e. The molecular weight excluding hydrogens is 200 g/mol. The van der Waals surface area contributed by atoms with Crippen LogP contribution in [-0.4, -0.2) is 6.03 Å². The van der Waals surface area contributed by atoms with Gasteiger partial charge in [0.1, 0.15) is 0 Å². The quantitative estimate of drug-likeness (QED) is 0.801. The molecule has 0 heterocycles. The predicted octanol–water partition coefficient (Wildman–Crippen LogP) is 3.04. The van der Waals surface area contributed by atoms with Gasteiger partial charge in [0.05, 0.1) is 0 Å². The molecule has 3 heteroatoms. The van der Waals surface area contributed by atoms with Gasteiger partial charge in [0.2, 0.25) is 0 Å². The predicted molar refractivity (Wildman–Crippen MR) is 65.2 cm³/mol. The standard InChI is InChI=1S/C13H16N2O/c1-10-3-2-4-12(9-10)15-13(16)14-8-7-11-5-6-11/h2-4,7-9,11H,5-6H2,1H3,(H2,14,15,16)/b8-7+. The van der Waals surface area contributed by atoms with Crippen LogP contribution in [0.25, 0.3) is 0 Å². The SMILES string of the molecule is Cc1cccc(NC(=O)N/C=C/C2CC2)c1. The monoisotopic (exact) mass is 216 g/mol. The minimum Gasteiger partial charge on any atom is -0.315 e. The third-order valence-corrected chi connectivity index (χ3v) is 2.48. The van der Waals surface area contributed by atoms with E-state index >= 15 is 0 Å². The van der Waals surface area contributed by atoms with Gasteiger partial charge in [-0.3, -0.25) is 0 Å². The van der Waals surface area contributed by atoms with Crippen LogP contribution in [0.1, 0.15) is 18.4 Å². The molecular formula is C13H16N2O. The average molecular weight is 216 g/mol. The molecule has 0 bridgehead atoms. The molecule has 1 fully saturated rings. The first-order valence-corrected chi connectivity index (χ1v) is 5.55. The van der Waals surface area contributed by atoms with E-state index in [0.29, 0.717) is 5.92 Å². The Bertz CT molecular complexity index is 408. The second kappa shape index (κ2) is 4.84. The van der Waals surface area contributed by atoms with Gasteiger partial charge >= 0.3 is 6.03 Å². The first-order valence-electron chi connectivity index (χ1n) is 5.55. The van der Waals surface area contributed by atoms with E-state index in [1.807, 2.05) is 37.3 Å². The highest BCUT2D eigenvalue weighted by Gasteiger charge is 2.16. The summed E-state index contributed by atoms with van der Waals surface area (Å²) in [5, 5.41) is 5.47. The molecule has 3 nitrogen and oxygen atoms in total. The summed E-state index contributed by atoms with van der Waals surface area (Å²) in [7, 11) is 0. The van der Waals surface area contributed by atoms with E-state index in [9.17, 15) is 4.79 Å². The fraction of sp³-hybridized carbons (Fsp3) is 0.308. The van der Waals surface area contributed by atoms with Crippen molar-refractivity contribution >= 4 is 11.7 Å². The number of benzene rings is 1. The average Bonchev–Trinajstić information content (AvgIpc) is 3.01. The Morgan fingerprint density at radius 3 is 2.94 bits per heavy atom. The van der Waals surface area contributed by atoms with Crippen molar-refractivity contribution in [2.24, 2.45) is 5.92 Å². The van der Waals surface area contributed by atoms with Gasteiger partial charge in [-0.05, 0) is 43.4 Å². The van der Waals surface area contributed by atoms with Crippen LogP contribution in [0.2, 0.25) is 0 Å². The van der Waals surface area contributed by atoms with Crippen LogP contribution in [0.4, 0.5) is 10.5 Å². The minimum atomic E-state index is -0.192. The van der Waals surface area contributed by atoms with Crippen LogP contribution in [0, 0.1) is 12.8 Å². The lowest BCUT2D eigenvalue weighted by Crippen LogP contribution is -2.23. The molecule has 0 atom stereocenters. The summed E-state index contributed by atoms with van der Waals surface area (Å²) in [6.45, 7) is 2.00. The molecule has 2 rings (SSSR count). The number of aryl methyl sites for hydroxylation is 1. The Kier molecular flexibility index (Phi) is 3.25. The van der Waals surface area contributed by atoms with Crippen molar-refractivity contribution in [1.29, 1.82) is 0 Å². The van der Waals surface area contributed by atoms with Gasteiger partial charge in [-0.25, -0.2) is 4.79 Å². The molecule has 0 unspecified atom stereocenters. The maximum atomic E-state index is 11.5. The molecule has 0 aliphatic heterocycles. The van der Waals surface area contributed by atoms with Crippen molar-refractivity contribution in [3.8, 4) is 0 Å². The van der Waals surface area contributed by atoms with E-state index in [2.05, 4.69) is 10.6 Å². The molecule has 84 valence electrons. The Labute approximate surface area is 95.6 Å². The number of carbonyl (C=O) groups is 1. The zero-order valence-electron chi connectivity index (χ0n) is 9.36. The van der Waals surface area contributed by atoms with Crippen LogP contribution >= 0.6 is 0 Å². The Morgan fingerprint density at radius 2 is 2.25 bits per heavy atom. The second-order valence-electron chi connectivity index (χ2n) is 4.16. The molecule has 0 spiro atoms. The fourth-order valence-electron chi connectivity index (χ4n) is 1.44. The van der Waals surface area contributed by atoms with Crippen LogP contribution in [0.15, 0.2) is 36.5 Å². The summed E-state index contributed by atoms with van der Waals surface area (Å²) in [6, 6.07) is 7.53. The van der Waals surface area contributed by atoms with Crippen LogP contribution < -0.4 is 10.6 Å². The first-order chi connectivity index (χ1) is 7.74. The molecule has 1 aromatic carbocycles. The Hall–Kier alpha value is -1.77. The maximum Gasteiger partial charge on any atom is 0.323 e. The van der Waals surface area contributed by atoms with Crippen LogP contribution in [-0.2, 0) is 0 Å². The van der Waals surface area contributed by atoms with Gasteiger partial charge in [-0.1, -0.05) is 18.2 Å². The third-order valence-electron chi connectivity index (χ3n) is 2.48. The van der Waals surface area contributed by atoms with E-state index in [-0.39, 0.29) is 6.03 Å². The highest BCUT2D eigenvalue weighted by Crippen LogP contribution is 2.29. The summed E-state index contributed by atoms with van der Waals surface area (Å²) >= 11 is 0. The van der Waals surface area contributed by atoms with E-state index in [1.54, 1.807) is 6.20 Å². The molecule has 0 aromatic heterocycles. The van der Waals surface area contributed by atoms with Gasteiger partial charge in [0.15, 0.2) is 0 Å². The molecule has 1 aromatic rings. The van der Waals surface area contributed by atoms with E-state index < -0.39 is 0 Å². The lowest BCUT2D eigenvalue weighted by Gasteiger charge is -2.04. The van der Waals surface area contributed by atoms with E-state index in [4.69, 9.17) is 0 Å². The molecule has 2 N–H and O–H groups in total. The molecule has 0 saturated heterocycles. The summed E-state index contributed by atoms with van der Waals surface area (Å²) in [4.78, 5) is 11.5. The number of urea groups is 1. The summed E-state index contributed by atoms with van der Waals surface area (Å²) in [5.41, 5.74) is 1.95. The number of carbonyl (C=O) groups excluding carboxylic acids is 1. The molecule has 1 saturated carbocycles. The third kappa shape index (κ3) is 3.42. The smallest absolute Gasteiger partial charge is 0.315 e. The van der Waals surface area contributed by atoms with Crippen LogP contribution in [0.3, 0.4) is 0 Å².